The van der Waals surface area contributed by atoms with Crippen LogP contribution < -0.4 is 22.9 Å². The second-order valence-electron chi connectivity index (χ2n) is 8.39. The summed E-state index contributed by atoms with van der Waals surface area (Å²) in [6.45, 7) is 4.14. The van der Waals surface area contributed by atoms with Crippen LogP contribution in [-0.4, -0.2) is 0 Å². The summed E-state index contributed by atoms with van der Waals surface area (Å²) in [5, 5.41) is 0. The molecule has 4 atom stereocenters. The van der Waals surface area contributed by atoms with Crippen LogP contribution in [0.25, 0.3) is 0 Å². The predicted molar refractivity (Wildman–Crippen MR) is 126 cm³/mol. The third kappa shape index (κ3) is 5.77. The molecule has 0 aliphatic carbocycles. The minimum Gasteiger partial charge on any atom is -0.324 e. The van der Waals surface area contributed by atoms with Crippen LogP contribution in [0.4, 0.5) is 0 Å². The zero-order valence-electron chi connectivity index (χ0n) is 18.0. The topological polar surface area (TPSA) is 104 Å². The Morgan fingerprint density at radius 1 is 0.500 bits per heavy atom. The molecule has 3 aromatic carbocycles. The number of aryl methyl sites for hydroxylation is 2. The van der Waals surface area contributed by atoms with Crippen LogP contribution in [-0.2, 0) is 0 Å². The monoisotopic (exact) mass is 402 g/mol. The summed E-state index contributed by atoms with van der Waals surface area (Å²) in [4.78, 5) is 0. The highest BCUT2D eigenvalue weighted by Crippen LogP contribution is 2.28. The number of benzene rings is 3. The minimum absolute atomic E-state index is 0.104. The lowest BCUT2D eigenvalue weighted by atomic mass is 9.91. The van der Waals surface area contributed by atoms with Gasteiger partial charge in [-0.05, 0) is 48.9 Å². The molecule has 4 nitrogen and oxygen atoms in total. The lowest BCUT2D eigenvalue weighted by molar-refractivity contribution is 0.546. The van der Waals surface area contributed by atoms with Crippen molar-refractivity contribution in [2.24, 2.45) is 22.9 Å². The summed E-state index contributed by atoms with van der Waals surface area (Å²) in [7, 11) is 0. The van der Waals surface area contributed by atoms with Crippen molar-refractivity contribution in [1.82, 2.24) is 0 Å². The zero-order chi connectivity index (χ0) is 21.7. The van der Waals surface area contributed by atoms with Crippen molar-refractivity contribution in [3.63, 3.8) is 0 Å². The highest BCUT2D eigenvalue weighted by atomic mass is 14.7. The molecule has 3 aromatic rings. The zero-order valence-corrected chi connectivity index (χ0v) is 18.0. The van der Waals surface area contributed by atoms with Crippen LogP contribution in [0.15, 0.2) is 72.8 Å². The van der Waals surface area contributed by atoms with E-state index in [9.17, 15) is 0 Å². The van der Waals surface area contributed by atoms with Gasteiger partial charge in [-0.3, -0.25) is 0 Å². The summed E-state index contributed by atoms with van der Waals surface area (Å²) in [5.74, 6) is 0. The lowest BCUT2D eigenvalue weighted by Gasteiger charge is -2.21. The maximum absolute atomic E-state index is 6.49. The fraction of sp³-hybridized carbons (Fsp3) is 0.308. The second kappa shape index (κ2) is 10.0. The summed E-state index contributed by atoms with van der Waals surface area (Å²) >= 11 is 0. The average Bonchev–Trinajstić information content (AvgIpc) is 2.74. The van der Waals surface area contributed by atoms with E-state index in [1.165, 1.54) is 11.1 Å². The predicted octanol–water partition coefficient (Wildman–Crippen LogP) is 4.48. The van der Waals surface area contributed by atoms with Gasteiger partial charge in [0.1, 0.15) is 0 Å². The van der Waals surface area contributed by atoms with Gasteiger partial charge in [-0.1, -0.05) is 83.9 Å². The van der Waals surface area contributed by atoms with Crippen molar-refractivity contribution >= 4 is 0 Å². The number of hydrogen-bond acceptors (Lipinski definition) is 4. The SMILES string of the molecule is Cc1ccc(C(N)CC(N)c2cccc(C(N)CC(N)c3ccc(C)cc3)c2)cc1. The van der Waals surface area contributed by atoms with Gasteiger partial charge in [0.25, 0.3) is 0 Å². The standard InChI is InChI=1S/C26H34N4/c1-17-6-10-19(11-7-17)23(27)15-25(29)21-4-3-5-22(14-21)26(30)16-24(28)20-12-8-18(2)9-13-20/h3-14,23-26H,15-16,27-30H2,1-2H3. The number of hydrogen-bond donors (Lipinski definition) is 4. The maximum atomic E-state index is 6.49. The Hall–Kier alpha value is -2.50. The molecule has 0 radical (unpaired) electrons. The Morgan fingerprint density at radius 3 is 1.20 bits per heavy atom. The van der Waals surface area contributed by atoms with Gasteiger partial charge in [-0.15, -0.1) is 0 Å². The Balaban J connectivity index is 1.65. The van der Waals surface area contributed by atoms with Gasteiger partial charge in [0.2, 0.25) is 0 Å². The van der Waals surface area contributed by atoms with Crippen LogP contribution in [0.1, 0.15) is 70.4 Å². The van der Waals surface area contributed by atoms with E-state index >= 15 is 0 Å². The molecule has 0 bridgehead atoms. The number of nitrogens with two attached hydrogens (primary N) is 4. The largest absolute Gasteiger partial charge is 0.324 e. The second-order valence-corrected chi connectivity index (χ2v) is 8.39. The molecule has 0 saturated carbocycles. The first-order valence-corrected chi connectivity index (χ1v) is 10.6. The highest BCUT2D eigenvalue weighted by molar-refractivity contribution is 5.30. The quantitative estimate of drug-likeness (QED) is 0.446. The molecule has 0 saturated heterocycles. The molecular weight excluding hydrogens is 368 g/mol. The molecule has 3 rings (SSSR count). The third-order valence-corrected chi connectivity index (χ3v) is 5.79. The van der Waals surface area contributed by atoms with Gasteiger partial charge in [-0.25, -0.2) is 0 Å². The third-order valence-electron chi connectivity index (χ3n) is 5.79. The van der Waals surface area contributed by atoms with E-state index in [1.54, 1.807) is 0 Å². The fourth-order valence-electron chi connectivity index (χ4n) is 3.74. The Bertz CT molecular complexity index is 859. The lowest BCUT2D eigenvalue weighted by Crippen LogP contribution is -2.21. The van der Waals surface area contributed by atoms with Gasteiger partial charge in [-0.2, -0.15) is 0 Å². The first-order chi connectivity index (χ1) is 14.3. The smallest absolute Gasteiger partial charge is 0.0313 e. The van der Waals surface area contributed by atoms with E-state index in [1.807, 2.05) is 18.2 Å². The average molecular weight is 403 g/mol. The van der Waals surface area contributed by atoms with Crippen LogP contribution in [0.5, 0.6) is 0 Å². The van der Waals surface area contributed by atoms with Crippen molar-refractivity contribution in [3.05, 3.63) is 106 Å². The van der Waals surface area contributed by atoms with E-state index in [0.717, 1.165) is 22.3 Å². The molecule has 158 valence electrons. The molecule has 0 amide bonds. The van der Waals surface area contributed by atoms with E-state index in [0.29, 0.717) is 12.8 Å². The molecule has 4 unspecified atom stereocenters. The molecule has 0 heterocycles. The van der Waals surface area contributed by atoms with Gasteiger partial charge in [0.15, 0.2) is 0 Å². The van der Waals surface area contributed by atoms with Gasteiger partial charge in [0.05, 0.1) is 0 Å². The molecular formula is C26H34N4. The molecule has 8 N–H and O–H groups in total. The molecule has 4 heteroatoms. The fourth-order valence-corrected chi connectivity index (χ4v) is 3.74. The Morgan fingerprint density at radius 2 is 0.833 bits per heavy atom. The van der Waals surface area contributed by atoms with Gasteiger partial charge >= 0.3 is 0 Å². The minimum atomic E-state index is -0.153. The molecule has 0 aliphatic rings. The summed E-state index contributed by atoms with van der Waals surface area (Å²) in [5.41, 5.74) is 32.5. The van der Waals surface area contributed by atoms with Gasteiger partial charge in [0, 0.05) is 24.2 Å². The summed E-state index contributed by atoms with van der Waals surface area (Å²) in [6, 6.07) is 24.3. The normalized spacial score (nSPS) is 15.4. The van der Waals surface area contributed by atoms with Crippen LogP contribution in [0, 0.1) is 13.8 Å². The van der Waals surface area contributed by atoms with Crippen molar-refractivity contribution in [3.8, 4) is 0 Å². The molecule has 0 aromatic heterocycles. The molecule has 0 aliphatic heterocycles. The Labute approximate surface area is 180 Å². The van der Waals surface area contributed by atoms with Crippen molar-refractivity contribution in [2.75, 3.05) is 0 Å². The van der Waals surface area contributed by atoms with E-state index < -0.39 is 0 Å². The van der Waals surface area contributed by atoms with Gasteiger partial charge < -0.3 is 22.9 Å². The highest BCUT2D eigenvalue weighted by Gasteiger charge is 2.17. The first-order valence-electron chi connectivity index (χ1n) is 10.6. The summed E-state index contributed by atoms with van der Waals surface area (Å²) in [6.07, 6.45) is 1.34. The summed E-state index contributed by atoms with van der Waals surface area (Å²) < 4.78 is 0. The maximum Gasteiger partial charge on any atom is 0.0313 e. The van der Waals surface area contributed by atoms with Crippen molar-refractivity contribution < 1.29 is 0 Å². The number of rotatable bonds is 8. The Kier molecular flexibility index (Phi) is 7.40. The van der Waals surface area contributed by atoms with Crippen LogP contribution in [0.2, 0.25) is 0 Å². The van der Waals surface area contributed by atoms with E-state index in [4.69, 9.17) is 22.9 Å². The molecule has 0 fully saturated rings. The molecule has 30 heavy (non-hydrogen) atoms. The van der Waals surface area contributed by atoms with Crippen LogP contribution >= 0.6 is 0 Å². The van der Waals surface area contributed by atoms with Crippen molar-refractivity contribution in [1.29, 1.82) is 0 Å². The first kappa shape index (κ1) is 22.2. The van der Waals surface area contributed by atoms with Crippen LogP contribution in [0.3, 0.4) is 0 Å². The van der Waals surface area contributed by atoms with E-state index in [2.05, 4.69) is 68.4 Å². The van der Waals surface area contributed by atoms with Crippen molar-refractivity contribution in [2.45, 2.75) is 50.9 Å². The van der Waals surface area contributed by atoms with E-state index in [-0.39, 0.29) is 24.2 Å². The molecule has 0 spiro atoms.